The smallest absolute Gasteiger partial charge is 0.338 e. The fourth-order valence-electron chi connectivity index (χ4n) is 3.69. The molecule has 3 rings (SSSR count). The lowest BCUT2D eigenvalue weighted by molar-refractivity contribution is -0.139. The van der Waals surface area contributed by atoms with Gasteiger partial charge in [0, 0.05) is 6.54 Å². The Hall–Kier alpha value is -2.70. The van der Waals surface area contributed by atoms with E-state index in [1.807, 2.05) is 31.2 Å². The highest BCUT2D eigenvalue weighted by molar-refractivity contribution is 6.42. The van der Waals surface area contributed by atoms with Crippen molar-refractivity contribution in [1.29, 1.82) is 0 Å². The Morgan fingerprint density at radius 2 is 1.79 bits per heavy atom. The summed E-state index contributed by atoms with van der Waals surface area (Å²) in [7, 11) is 0. The molecule has 6 nitrogen and oxygen atoms in total. The van der Waals surface area contributed by atoms with E-state index in [9.17, 15) is 9.59 Å². The van der Waals surface area contributed by atoms with E-state index in [-0.39, 0.29) is 19.2 Å². The maximum Gasteiger partial charge on any atom is 0.338 e. The number of carbonyl (C=O) groups is 2. The van der Waals surface area contributed by atoms with Gasteiger partial charge in [-0.1, -0.05) is 55.2 Å². The molecule has 0 aromatic heterocycles. The Balaban J connectivity index is 2.03. The van der Waals surface area contributed by atoms with Crippen molar-refractivity contribution in [1.82, 2.24) is 10.2 Å². The predicted molar refractivity (Wildman–Crippen MR) is 130 cm³/mol. The number of esters is 1. The average molecular weight is 491 g/mol. The van der Waals surface area contributed by atoms with Gasteiger partial charge in [0.15, 0.2) is 0 Å². The van der Waals surface area contributed by atoms with Crippen LogP contribution in [0.4, 0.5) is 4.79 Å². The van der Waals surface area contributed by atoms with Crippen molar-refractivity contribution in [2.45, 2.75) is 39.7 Å². The van der Waals surface area contributed by atoms with Crippen molar-refractivity contribution in [3.05, 3.63) is 74.9 Å². The van der Waals surface area contributed by atoms with Crippen LogP contribution >= 0.6 is 23.2 Å². The van der Waals surface area contributed by atoms with Crippen molar-refractivity contribution in [2.24, 2.45) is 0 Å². The van der Waals surface area contributed by atoms with Gasteiger partial charge >= 0.3 is 12.0 Å². The Kier molecular flexibility index (Phi) is 8.27. The Labute approximate surface area is 204 Å². The van der Waals surface area contributed by atoms with Crippen LogP contribution in [0.3, 0.4) is 0 Å². The molecule has 8 heteroatoms. The first-order valence-corrected chi connectivity index (χ1v) is 11.7. The van der Waals surface area contributed by atoms with Crippen LogP contribution in [0.1, 0.15) is 50.8 Å². The van der Waals surface area contributed by atoms with E-state index >= 15 is 0 Å². The molecule has 0 aliphatic carbocycles. The quantitative estimate of drug-likeness (QED) is 0.453. The van der Waals surface area contributed by atoms with Crippen molar-refractivity contribution in [2.75, 3.05) is 19.8 Å². The lowest BCUT2D eigenvalue weighted by Crippen LogP contribution is -2.49. The highest BCUT2D eigenvalue weighted by Gasteiger charge is 2.38. The van der Waals surface area contributed by atoms with Gasteiger partial charge in [-0.25, -0.2) is 9.59 Å². The molecule has 2 amide bonds. The number of benzene rings is 2. The zero-order chi connectivity index (χ0) is 24.1. The summed E-state index contributed by atoms with van der Waals surface area (Å²) in [6, 6.07) is 11.7. The van der Waals surface area contributed by atoms with Gasteiger partial charge in [-0.2, -0.15) is 0 Å². The van der Waals surface area contributed by atoms with Crippen molar-refractivity contribution in [3.8, 4) is 5.75 Å². The van der Waals surface area contributed by atoms with E-state index in [0.717, 1.165) is 0 Å². The molecule has 33 heavy (non-hydrogen) atoms. The van der Waals surface area contributed by atoms with Crippen LogP contribution in [0.5, 0.6) is 5.75 Å². The number of rotatable bonds is 8. The Morgan fingerprint density at radius 1 is 1.09 bits per heavy atom. The molecule has 1 aliphatic heterocycles. The highest BCUT2D eigenvalue weighted by atomic mass is 35.5. The van der Waals surface area contributed by atoms with E-state index in [2.05, 4.69) is 19.2 Å². The minimum absolute atomic E-state index is 0.0221. The number of carbonyl (C=O) groups excluding carboxylic acids is 2. The number of amides is 2. The molecule has 1 heterocycles. The molecule has 0 saturated heterocycles. The van der Waals surface area contributed by atoms with Gasteiger partial charge in [0.1, 0.15) is 12.4 Å². The molecule has 176 valence electrons. The molecule has 2 aromatic rings. The van der Waals surface area contributed by atoms with Crippen molar-refractivity contribution < 1.29 is 19.1 Å². The monoisotopic (exact) mass is 490 g/mol. The number of nitrogens with zero attached hydrogens (tertiary/aromatic N) is 1. The van der Waals surface area contributed by atoms with E-state index in [4.69, 9.17) is 32.7 Å². The SMILES string of the molecule is CCOC(=O)C1=C(COc2ccc(C(C)C)cc2)N(CC)C(=O)N[C@H]1c1ccc(Cl)c(Cl)c1. The normalized spacial score (nSPS) is 16.2. The molecule has 0 fully saturated rings. The molecule has 0 saturated carbocycles. The fourth-order valence-corrected chi connectivity index (χ4v) is 3.99. The Bertz CT molecular complexity index is 1050. The summed E-state index contributed by atoms with van der Waals surface area (Å²) in [4.78, 5) is 27.5. The second-order valence-electron chi connectivity index (χ2n) is 7.89. The van der Waals surface area contributed by atoms with Crippen LogP contribution in [-0.2, 0) is 9.53 Å². The number of hydrogen-bond acceptors (Lipinski definition) is 4. The third-order valence-corrected chi connectivity index (χ3v) is 6.19. The second kappa shape index (κ2) is 10.9. The number of hydrogen-bond donors (Lipinski definition) is 1. The maximum atomic E-state index is 13.1. The number of urea groups is 1. The molecular weight excluding hydrogens is 463 g/mol. The average Bonchev–Trinajstić information content (AvgIpc) is 2.79. The van der Waals surface area contributed by atoms with E-state index in [1.54, 1.807) is 25.1 Å². The number of nitrogens with one attached hydrogen (secondary N) is 1. The molecular formula is C25H28Cl2N2O4. The molecule has 1 N–H and O–H groups in total. The van der Waals surface area contributed by atoms with Crippen LogP contribution in [0.2, 0.25) is 10.0 Å². The fraction of sp³-hybridized carbons (Fsp3) is 0.360. The predicted octanol–water partition coefficient (Wildman–Crippen LogP) is 6.10. The topological polar surface area (TPSA) is 67.9 Å². The van der Waals surface area contributed by atoms with Crippen molar-refractivity contribution >= 4 is 35.2 Å². The first kappa shape index (κ1) is 24.9. The largest absolute Gasteiger partial charge is 0.487 e. The lowest BCUT2D eigenvalue weighted by Gasteiger charge is -2.36. The van der Waals surface area contributed by atoms with Crippen LogP contribution in [-0.4, -0.2) is 36.7 Å². The summed E-state index contributed by atoms with van der Waals surface area (Å²) in [6.45, 7) is 8.38. The molecule has 1 atom stereocenters. The van der Waals surface area contributed by atoms with Gasteiger partial charge in [-0.3, -0.25) is 4.90 Å². The third kappa shape index (κ3) is 5.63. The zero-order valence-electron chi connectivity index (χ0n) is 19.2. The summed E-state index contributed by atoms with van der Waals surface area (Å²) in [5.74, 6) is 0.519. The Morgan fingerprint density at radius 3 is 2.36 bits per heavy atom. The van der Waals surface area contributed by atoms with Gasteiger partial charge in [0.2, 0.25) is 0 Å². The first-order valence-electron chi connectivity index (χ1n) is 10.9. The van der Waals surface area contributed by atoms with Crippen LogP contribution < -0.4 is 10.1 Å². The van der Waals surface area contributed by atoms with Crippen LogP contribution in [0.25, 0.3) is 0 Å². The molecule has 1 aliphatic rings. The summed E-state index contributed by atoms with van der Waals surface area (Å²) in [6.07, 6.45) is 0. The van der Waals surface area contributed by atoms with Gasteiger partial charge in [0.05, 0.1) is 34.0 Å². The summed E-state index contributed by atoms with van der Waals surface area (Å²) in [5.41, 5.74) is 2.57. The molecule has 0 unspecified atom stereocenters. The summed E-state index contributed by atoms with van der Waals surface area (Å²) in [5, 5.41) is 3.60. The van der Waals surface area contributed by atoms with E-state index < -0.39 is 12.0 Å². The van der Waals surface area contributed by atoms with Crippen LogP contribution in [0, 0.1) is 0 Å². The summed E-state index contributed by atoms with van der Waals surface area (Å²) >= 11 is 12.3. The minimum Gasteiger partial charge on any atom is -0.487 e. The highest BCUT2D eigenvalue weighted by Crippen LogP contribution is 2.34. The molecule has 0 radical (unpaired) electrons. The van der Waals surface area contributed by atoms with E-state index in [1.165, 1.54) is 10.5 Å². The van der Waals surface area contributed by atoms with Crippen LogP contribution in [0.15, 0.2) is 53.7 Å². The summed E-state index contributed by atoms with van der Waals surface area (Å²) < 4.78 is 11.4. The molecule has 0 spiro atoms. The second-order valence-corrected chi connectivity index (χ2v) is 8.71. The minimum atomic E-state index is -0.754. The number of ether oxygens (including phenoxy) is 2. The lowest BCUT2D eigenvalue weighted by atomic mass is 9.94. The van der Waals surface area contributed by atoms with Gasteiger partial charge < -0.3 is 14.8 Å². The third-order valence-electron chi connectivity index (χ3n) is 5.45. The van der Waals surface area contributed by atoms with E-state index in [0.29, 0.717) is 45.1 Å². The maximum absolute atomic E-state index is 13.1. The standard InChI is InChI=1S/C25H28Cl2N2O4/c1-5-29-21(14-33-18-10-7-16(8-11-18)15(3)4)22(24(30)32-6-2)23(28-25(29)31)17-9-12-19(26)20(27)13-17/h7-13,15,23H,5-6,14H2,1-4H3,(H,28,31)/t23-/m0/s1. The zero-order valence-corrected chi connectivity index (χ0v) is 20.7. The molecule has 2 aromatic carbocycles. The van der Waals surface area contributed by atoms with Gasteiger partial charge in [0.25, 0.3) is 0 Å². The van der Waals surface area contributed by atoms with Crippen molar-refractivity contribution in [3.63, 3.8) is 0 Å². The number of likely N-dealkylation sites (N-methyl/N-ethyl adjacent to an activating group) is 1. The molecule has 0 bridgehead atoms. The van der Waals surface area contributed by atoms with Gasteiger partial charge in [-0.05, 0) is 55.2 Å². The number of halogens is 2. The first-order chi connectivity index (χ1) is 15.8. The van der Waals surface area contributed by atoms with Gasteiger partial charge in [-0.15, -0.1) is 0 Å².